The van der Waals surface area contributed by atoms with E-state index < -0.39 is 0 Å². The highest BCUT2D eigenvalue weighted by molar-refractivity contribution is 6.31. The predicted octanol–water partition coefficient (Wildman–Crippen LogP) is 3.46. The summed E-state index contributed by atoms with van der Waals surface area (Å²) in [5, 5.41) is 4.26. The van der Waals surface area contributed by atoms with Gasteiger partial charge in [0.2, 0.25) is 0 Å². The van der Waals surface area contributed by atoms with E-state index in [-0.39, 0.29) is 0 Å². The predicted molar refractivity (Wildman–Crippen MR) is 85.7 cm³/mol. The van der Waals surface area contributed by atoms with Crippen LogP contribution >= 0.6 is 11.6 Å². The van der Waals surface area contributed by atoms with Gasteiger partial charge in [-0.2, -0.15) is 0 Å². The summed E-state index contributed by atoms with van der Waals surface area (Å²) in [6.07, 6.45) is 5.25. The Kier molecular flexibility index (Phi) is 6.64. The molecule has 0 spiro atoms. The normalized spacial score (nSPS) is 16.2. The first-order chi connectivity index (χ1) is 9.83. The molecule has 1 fully saturated rings. The van der Waals surface area contributed by atoms with Crippen molar-refractivity contribution in [2.75, 3.05) is 38.3 Å². The van der Waals surface area contributed by atoms with Gasteiger partial charge in [-0.3, -0.25) is 0 Å². The third-order valence-corrected chi connectivity index (χ3v) is 4.18. The first kappa shape index (κ1) is 15.6. The number of rotatable bonds is 6. The molecule has 1 aromatic carbocycles. The summed E-state index contributed by atoms with van der Waals surface area (Å²) in [6, 6.07) is 6.24. The third kappa shape index (κ3) is 4.37. The molecule has 0 radical (unpaired) electrons. The van der Waals surface area contributed by atoms with E-state index in [2.05, 4.69) is 22.3 Å². The number of ether oxygens (including phenoxy) is 1. The van der Waals surface area contributed by atoms with Gasteiger partial charge in [0.25, 0.3) is 0 Å². The molecule has 1 saturated heterocycles. The minimum Gasteiger partial charge on any atom is -0.383 e. The van der Waals surface area contributed by atoms with E-state index in [9.17, 15) is 0 Å². The van der Waals surface area contributed by atoms with E-state index >= 15 is 0 Å². The Morgan fingerprint density at radius 1 is 1.20 bits per heavy atom. The van der Waals surface area contributed by atoms with E-state index in [1.54, 1.807) is 7.11 Å². The first-order valence-corrected chi connectivity index (χ1v) is 7.92. The molecule has 0 amide bonds. The van der Waals surface area contributed by atoms with E-state index in [0.29, 0.717) is 0 Å². The number of anilines is 1. The van der Waals surface area contributed by atoms with Crippen LogP contribution in [0.5, 0.6) is 0 Å². The van der Waals surface area contributed by atoms with Gasteiger partial charge in [-0.15, -0.1) is 0 Å². The smallest absolute Gasteiger partial charge is 0.0587 e. The molecule has 3 nitrogen and oxygen atoms in total. The number of benzene rings is 1. The van der Waals surface area contributed by atoms with Crippen molar-refractivity contribution in [3.8, 4) is 0 Å². The van der Waals surface area contributed by atoms with Crippen molar-refractivity contribution in [2.45, 2.75) is 32.2 Å². The molecule has 1 N–H and O–H groups in total. The van der Waals surface area contributed by atoms with E-state index in [1.165, 1.54) is 36.9 Å². The monoisotopic (exact) mass is 296 g/mol. The lowest BCUT2D eigenvalue weighted by atomic mass is 10.1. The largest absolute Gasteiger partial charge is 0.383 e. The highest BCUT2D eigenvalue weighted by atomic mass is 35.5. The van der Waals surface area contributed by atoms with Gasteiger partial charge in [0.05, 0.1) is 6.61 Å². The summed E-state index contributed by atoms with van der Waals surface area (Å²) >= 11 is 6.40. The Labute approximate surface area is 127 Å². The lowest BCUT2D eigenvalue weighted by molar-refractivity contribution is 0.199. The maximum absolute atomic E-state index is 6.40. The van der Waals surface area contributed by atoms with Gasteiger partial charge in [0, 0.05) is 49.6 Å². The topological polar surface area (TPSA) is 24.5 Å². The Bertz CT molecular complexity index is 403. The lowest BCUT2D eigenvalue weighted by Crippen LogP contribution is -2.27. The van der Waals surface area contributed by atoms with E-state index in [4.69, 9.17) is 16.3 Å². The Morgan fingerprint density at radius 3 is 2.65 bits per heavy atom. The fraction of sp³-hybridized carbons (Fsp3) is 0.625. The molecule has 112 valence electrons. The second-order valence-electron chi connectivity index (χ2n) is 5.31. The SMILES string of the molecule is COCCNCc1c(Cl)cccc1N1CCCCCC1. The quantitative estimate of drug-likeness (QED) is 0.814. The van der Waals surface area contributed by atoms with Crippen molar-refractivity contribution in [3.63, 3.8) is 0 Å². The van der Waals surface area contributed by atoms with Gasteiger partial charge < -0.3 is 15.0 Å². The van der Waals surface area contributed by atoms with Crippen LogP contribution in [-0.2, 0) is 11.3 Å². The molecule has 0 aromatic heterocycles. The van der Waals surface area contributed by atoms with Gasteiger partial charge in [-0.1, -0.05) is 30.5 Å². The second kappa shape index (κ2) is 8.50. The zero-order valence-corrected chi connectivity index (χ0v) is 13.1. The van der Waals surface area contributed by atoms with Crippen LogP contribution in [-0.4, -0.2) is 33.4 Å². The van der Waals surface area contributed by atoms with Crippen LogP contribution in [0.3, 0.4) is 0 Å². The average Bonchev–Trinajstić information content (AvgIpc) is 2.74. The standard InChI is InChI=1S/C16H25ClN2O/c1-20-12-9-18-13-14-15(17)7-6-8-16(14)19-10-4-2-3-5-11-19/h6-8,18H,2-5,9-13H2,1H3. The number of nitrogens with zero attached hydrogens (tertiary/aromatic N) is 1. The molecule has 0 unspecified atom stereocenters. The summed E-state index contributed by atoms with van der Waals surface area (Å²) in [5.74, 6) is 0. The van der Waals surface area contributed by atoms with Gasteiger partial charge in [0.1, 0.15) is 0 Å². The Balaban J connectivity index is 2.08. The maximum atomic E-state index is 6.40. The zero-order valence-electron chi connectivity index (χ0n) is 12.3. The Morgan fingerprint density at radius 2 is 1.95 bits per heavy atom. The van der Waals surface area contributed by atoms with Crippen LogP contribution in [0.15, 0.2) is 18.2 Å². The van der Waals surface area contributed by atoms with Crippen molar-refractivity contribution < 1.29 is 4.74 Å². The van der Waals surface area contributed by atoms with Crippen molar-refractivity contribution in [3.05, 3.63) is 28.8 Å². The molecule has 0 saturated carbocycles. The van der Waals surface area contributed by atoms with Crippen molar-refractivity contribution in [1.82, 2.24) is 5.32 Å². The van der Waals surface area contributed by atoms with Gasteiger partial charge in [-0.05, 0) is 25.0 Å². The minimum absolute atomic E-state index is 0.726. The molecule has 4 heteroatoms. The van der Waals surface area contributed by atoms with Crippen molar-refractivity contribution in [1.29, 1.82) is 0 Å². The number of hydrogen-bond acceptors (Lipinski definition) is 3. The maximum Gasteiger partial charge on any atom is 0.0587 e. The number of nitrogens with one attached hydrogen (secondary N) is 1. The summed E-state index contributed by atoms with van der Waals surface area (Å²) in [4.78, 5) is 2.49. The fourth-order valence-electron chi connectivity index (χ4n) is 2.72. The second-order valence-corrected chi connectivity index (χ2v) is 5.72. The number of halogens is 1. The molecule has 20 heavy (non-hydrogen) atoms. The van der Waals surface area contributed by atoms with E-state index in [1.807, 2.05) is 6.07 Å². The Hall–Kier alpha value is -0.770. The van der Waals surface area contributed by atoms with Crippen molar-refractivity contribution in [2.24, 2.45) is 0 Å². The third-order valence-electron chi connectivity index (χ3n) is 3.83. The van der Waals surface area contributed by atoms with Crippen LogP contribution in [0.2, 0.25) is 5.02 Å². The van der Waals surface area contributed by atoms with Gasteiger partial charge in [-0.25, -0.2) is 0 Å². The highest BCUT2D eigenvalue weighted by Gasteiger charge is 2.15. The molecule has 0 aliphatic carbocycles. The number of hydrogen-bond donors (Lipinski definition) is 1. The van der Waals surface area contributed by atoms with Gasteiger partial charge in [0.15, 0.2) is 0 Å². The van der Waals surface area contributed by atoms with Crippen LogP contribution in [0.4, 0.5) is 5.69 Å². The molecule has 2 rings (SSSR count). The first-order valence-electron chi connectivity index (χ1n) is 7.55. The van der Waals surface area contributed by atoms with Crippen molar-refractivity contribution >= 4 is 17.3 Å². The lowest BCUT2D eigenvalue weighted by Gasteiger charge is -2.26. The van der Waals surface area contributed by atoms with Gasteiger partial charge >= 0.3 is 0 Å². The van der Waals surface area contributed by atoms with Crippen LogP contribution in [0, 0.1) is 0 Å². The van der Waals surface area contributed by atoms with Crippen LogP contribution in [0.25, 0.3) is 0 Å². The highest BCUT2D eigenvalue weighted by Crippen LogP contribution is 2.29. The number of methoxy groups -OCH3 is 1. The molecular weight excluding hydrogens is 272 g/mol. The molecule has 1 aliphatic heterocycles. The average molecular weight is 297 g/mol. The molecule has 0 bridgehead atoms. The van der Waals surface area contributed by atoms with Crippen LogP contribution in [0.1, 0.15) is 31.2 Å². The summed E-state index contributed by atoms with van der Waals surface area (Å²) in [7, 11) is 1.72. The molecule has 0 atom stereocenters. The molecular formula is C16H25ClN2O. The molecule has 1 aromatic rings. The molecule has 1 heterocycles. The van der Waals surface area contributed by atoms with E-state index in [0.717, 1.165) is 37.8 Å². The van der Waals surface area contributed by atoms with Crippen LogP contribution < -0.4 is 10.2 Å². The summed E-state index contributed by atoms with van der Waals surface area (Å²) in [6.45, 7) is 4.66. The fourth-order valence-corrected chi connectivity index (χ4v) is 2.95. The molecule has 1 aliphatic rings. The minimum atomic E-state index is 0.726. The zero-order chi connectivity index (χ0) is 14.2. The summed E-state index contributed by atoms with van der Waals surface area (Å²) in [5.41, 5.74) is 2.51. The summed E-state index contributed by atoms with van der Waals surface area (Å²) < 4.78 is 5.07.